The quantitative estimate of drug-likeness (QED) is 0.843. The van der Waals surface area contributed by atoms with Crippen molar-refractivity contribution >= 4 is 11.4 Å². The number of nitrogen functional groups attached to an aromatic ring is 1. The van der Waals surface area contributed by atoms with Crippen molar-refractivity contribution in [1.82, 2.24) is 0 Å². The number of nitrogens with zero attached hydrogens (tertiary/aromatic N) is 1. The Bertz CT molecular complexity index is 534. The molecule has 18 heavy (non-hydrogen) atoms. The molecular weight excluding hydrogens is 228 g/mol. The van der Waals surface area contributed by atoms with E-state index in [0.717, 1.165) is 23.6 Å². The molecule has 0 aliphatic carbocycles. The minimum atomic E-state index is 0.656. The Morgan fingerprint density at radius 1 is 1.33 bits per heavy atom. The molecule has 0 aliphatic rings. The van der Waals surface area contributed by atoms with Crippen LogP contribution in [-0.2, 0) is 6.54 Å². The summed E-state index contributed by atoms with van der Waals surface area (Å²) < 4.78 is 10.5. The first kappa shape index (κ1) is 12.4. The largest absolute Gasteiger partial charge is 0.495 e. The van der Waals surface area contributed by atoms with Crippen LogP contribution in [0.2, 0.25) is 0 Å². The molecule has 1 aromatic carbocycles. The molecule has 2 N–H and O–H groups in total. The number of benzene rings is 1. The van der Waals surface area contributed by atoms with Crippen molar-refractivity contribution < 1.29 is 9.15 Å². The Labute approximate surface area is 107 Å². The molecule has 0 atom stereocenters. The number of hydrogen-bond acceptors (Lipinski definition) is 4. The fraction of sp³-hybridized carbons (Fsp3) is 0.286. The third-order valence-corrected chi connectivity index (χ3v) is 3.05. The normalized spacial score (nSPS) is 10.4. The average Bonchev–Trinajstić information content (AvgIpc) is 2.75. The number of ether oxygens (including phenoxy) is 1. The second-order valence-corrected chi connectivity index (χ2v) is 4.25. The van der Waals surface area contributed by atoms with E-state index in [-0.39, 0.29) is 0 Å². The van der Waals surface area contributed by atoms with Gasteiger partial charge in [-0.15, -0.1) is 0 Å². The summed E-state index contributed by atoms with van der Waals surface area (Å²) in [5.41, 5.74) is 8.83. The monoisotopic (exact) mass is 246 g/mol. The van der Waals surface area contributed by atoms with Gasteiger partial charge in [-0.05, 0) is 25.1 Å². The lowest BCUT2D eigenvalue weighted by Crippen LogP contribution is -2.18. The molecule has 0 aliphatic heterocycles. The zero-order valence-electron chi connectivity index (χ0n) is 10.9. The van der Waals surface area contributed by atoms with Crippen LogP contribution in [0.1, 0.15) is 11.3 Å². The zero-order valence-corrected chi connectivity index (χ0v) is 10.9. The highest BCUT2D eigenvalue weighted by Gasteiger charge is 2.11. The van der Waals surface area contributed by atoms with Gasteiger partial charge in [-0.3, -0.25) is 0 Å². The Morgan fingerprint density at radius 3 is 2.72 bits per heavy atom. The van der Waals surface area contributed by atoms with E-state index in [9.17, 15) is 0 Å². The first-order chi connectivity index (χ1) is 8.63. The number of furan rings is 1. The van der Waals surface area contributed by atoms with Gasteiger partial charge in [0.2, 0.25) is 0 Å². The SMILES string of the molecule is COc1cccc(N(C)Cc2ccoc2C)c1N. The predicted octanol–water partition coefficient (Wildman–Crippen LogP) is 2.82. The Balaban J connectivity index is 2.24. The molecule has 2 rings (SSSR count). The maximum absolute atomic E-state index is 6.07. The minimum absolute atomic E-state index is 0.656. The Kier molecular flexibility index (Phi) is 3.46. The van der Waals surface area contributed by atoms with Crippen molar-refractivity contribution in [3.63, 3.8) is 0 Å². The molecule has 4 nitrogen and oxygen atoms in total. The molecule has 2 aromatic rings. The van der Waals surface area contributed by atoms with Gasteiger partial charge in [0.25, 0.3) is 0 Å². The van der Waals surface area contributed by atoms with Crippen molar-refractivity contribution in [2.24, 2.45) is 0 Å². The van der Waals surface area contributed by atoms with E-state index >= 15 is 0 Å². The number of para-hydroxylation sites is 1. The minimum Gasteiger partial charge on any atom is -0.495 e. The van der Waals surface area contributed by atoms with Crippen LogP contribution in [0.15, 0.2) is 34.9 Å². The van der Waals surface area contributed by atoms with Crippen LogP contribution in [-0.4, -0.2) is 14.2 Å². The summed E-state index contributed by atoms with van der Waals surface area (Å²) in [6.45, 7) is 2.71. The highest BCUT2D eigenvalue weighted by atomic mass is 16.5. The van der Waals surface area contributed by atoms with Gasteiger partial charge in [-0.2, -0.15) is 0 Å². The number of rotatable bonds is 4. The first-order valence-corrected chi connectivity index (χ1v) is 5.80. The summed E-state index contributed by atoms with van der Waals surface area (Å²) in [5.74, 6) is 1.63. The molecule has 0 amide bonds. The van der Waals surface area contributed by atoms with Gasteiger partial charge >= 0.3 is 0 Å². The Hall–Kier alpha value is -2.10. The molecule has 0 unspecified atom stereocenters. The zero-order chi connectivity index (χ0) is 13.1. The smallest absolute Gasteiger partial charge is 0.143 e. The van der Waals surface area contributed by atoms with Crippen molar-refractivity contribution in [2.45, 2.75) is 13.5 Å². The molecule has 1 aromatic heterocycles. The number of methoxy groups -OCH3 is 1. The van der Waals surface area contributed by atoms with E-state index in [1.807, 2.05) is 38.2 Å². The van der Waals surface area contributed by atoms with Crippen molar-refractivity contribution in [3.05, 3.63) is 41.9 Å². The van der Waals surface area contributed by atoms with Crippen LogP contribution in [0.25, 0.3) is 0 Å². The van der Waals surface area contributed by atoms with Crippen molar-refractivity contribution in [1.29, 1.82) is 0 Å². The molecule has 0 radical (unpaired) electrons. The standard InChI is InChI=1S/C14H18N2O2/c1-10-11(7-8-18-10)9-16(2)12-5-4-6-13(17-3)14(12)15/h4-8H,9,15H2,1-3H3. The molecule has 1 heterocycles. The fourth-order valence-electron chi connectivity index (χ4n) is 1.96. The van der Waals surface area contributed by atoms with E-state index in [1.54, 1.807) is 13.4 Å². The van der Waals surface area contributed by atoms with Crippen LogP contribution in [0.5, 0.6) is 5.75 Å². The molecule has 0 spiro atoms. The lowest BCUT2D eigenvalue weighted by atomic mass is 10.2. The molecular formula is C14H18N2O2. The molecule has 96 valence electrons. The van der Waals surface area contributed by atoms with Gasteiger partial charge in [-0.25, -0.2) is 0 Å². The predicted molar refractivity (Wildman–Crippen MR) is 73.0 cm³/mol. The number of anilines is 2. The van der Waals surface area contributed by atoms with Gasteiger partial charge in [0.1, 0.15) is 11.5 Å². The van der Waals surface area contributed by atoms with Crippen LogP contribution in [0.4, 0.5) is 11.4 Å². The Morgan fingerprint density at radius 2 is 2.11 bits per heavy atom. The average molecular weight is 246 g/mol. The number of hydrogen-bond donors (Lipinski definition) is 1. The van der Waals surface area contributed by atoms with Gasteiger partial charge in [0, 0.05) is 19.2 Å². The topological polar surface area (TPSA) is 51.6 Å². The van der Waals surface area contributed by atoms with Gasteiger partial charge in [0.05, 0.1) is 24.7 Å². The summed E-state index contributed by atoms with van der Waals surface area (Å²) in [5, 5.41) is 0. The third-order valence-electron chi connectivity index (χ3n) is 3.05. The molecule has 0 fully saturated rings. The van der Waals surface area contributed by atoms with Gasteiger partial charge in [0.15, 0.2) is 0 Å². The third kappa shape index (κ3) is 2.27. The van der Waals surface area contributed by atoms with Gasteiger partial charge in [-0.1, -0.05) is 6.07 Å². The van der Waals surface area contributed by atoms with E-state index in [1.165, 1.54) is 0 Å². The van der Waals surface area contributed by atoms with E-state index < -0.39 is 0 Å². The number of nitrogens with two attached hydrogens (primary N) is 1. The second kappa shape index (κ2) is 5.04. The van der Waals surface area contributed by atoms with Crippen LogP contribution >= 0.6 is 0 Å². The van der Waals surface area contributed by atoms with Crippen molar-refractivity contribution in [2.75, 3.05) is 24.8 Å². The number of aryl methyl sites for hydroxylation is 1. The summed E-state index contributed by atoms with van der Waals surface area (Å²) >= 11 is 0. The maximum atomic E-state index is 6.07. The highest BCUT2D eigenvalue weighted by molar-refractivity contribution is 5.73. The molecule has 0 bridgehead atoms. The van der Waals surface area contributed by atoms with Crippen LogP contribution in [0, 0.1) is 6.92 Å². The summed E-state index contributed by atoms with van der Waals surface area (Å²) in [6.07, 6.45) is 1.70. The van der Waals surface area contributed by atoms with E-state index in [2.05, 4.69) is 4.90 Å². The lowest BCUT2D eigenvalue weighted by molar-refractivity contribution is 0.417. The second-order valence-electron chi connectivity index (χ2n) is 4.25. The molecule has 4 heteroatoms. The van der Waals surface area contributed by atoms with Crippen LogP contribution < -0.4 is 15.4 Å². The summed E-state index contributed by atoms with van der Waals surface area (Å²) in [7, 11) is 3.62. The molecule has 0 saturated carbocycles. The summed E-state index contributed by atoms with van der Waals surface area (Å²) in [6, 6.07) is 7.74. The highest BCUT2D eigenvalue weighted by Crippen LogP contribution is 2.32. The first-order valence-electron chi connectivity index (χ1n) is 5.80. The summed E-state index contributed by atoms with van der Waals surface area (Å²) in [4.78, 5) is 2.08. The van der Waals surface area contributed by atoms with Gasteiger partial charge < -0.3 is 19.8 Å². The lowest BCUT2D eigenvalue weighted by Gasteiger charge is -2.21. The van der Waals surface area contributed by atoms with E-state index in [0.29, 0.717) is 11.4 Å². The maximum Gasteiger partial charge on any atom is 0.143 e. The van der Waals surface area contributed by atoms with Crippen molar-refractivity contribution in [3.8, 4) is 5.75 Å². The van der Waals surface area contributed by atoms with Crippen LogP contribution in [0.3, 0.4) is 0 Å². The molecule has 0 saturated heterocycles. The fourth-order valence-corrected chi connectivity index (χ4v) is 1.96. The van der Waals surface area contributed by atoms with E-state index in [4.69, 9.17) is 14.9 Å².